The summed E-state index contributed by atoms with van der Waals surface area (Å²) in [7, 11) is -3.60. The van der Waals surface area contributed by atoms with Crippen LogP contribution in [0, 0.1) is 0 Å². The first-order chi connectivity index (χ1) is 19.2. The quantitative estimate of drug-likeness (QED) is 0.291. The Kier molecular flexibility index (Phi) is 7.56. The second-order valence-corrected chi connectivity index (χ2v) is 11.7. The topological polar surface area (TPSA) is 153 Å². The van der Waals surface area contributed by atoms with Gasteiger partial charge in [-0.3, -0.25) is 10.1 Å². The van der Waals surface area contributed by atoms with Crippen LogP contribution in [0.5, 0.6) is 0 Å². The van der Waals surface area contributed by atoms with E-state index in [0.717, 1.165) is 16.3 Å². The number of nitrogens with zero attached hydrogens (tertiary/aromatic N) is 1. The van der Waals surface area contributed by atoms with Crippen LogP contribution in [-0.2, 0) is 32.3 Å². The number of hydrogen-bond acceptors (Lipinski definition) is 8. The molecular weight excluding hydrogens is 530 g/mol. The molecule has 0 saturated heterocycles. The maximum absolute atomic E-state index is 13.7. The van der Waals surface area contributed by atoms with Gasteiger partial charge in [0, 0.05) is 35.9 Å². The molecule has 3 heterocycles. The van der Waals surface area contributed by atoms with Gasteiger partial charge >= 0.3 is 6.09 Å². The number of aromatic nitrogens is 1. The third-order valence-corrected chi connectivity index (χ3v) is 8.61. The van der Waals surface area contributed by atoms with Gasteiger partial charge in [0.25, 0.3) is 0 Å². The first kappa shape index (κ1) is 26.9. The fraction of sp³-hybridized carbons (Fsp3) is 0.207. The number of carbonyl (C=O) groups excluding carboxylic acids is 2. The average Bonchev–Trinajstić information content (AvgIpc) is 2.94. The van der Waals surface area contributed by atoms with Gasteiger partial charge in [-0.05, 0) is 64.5 Å². The smallest absolute Gasteiger partial charge is 0.411 e. The van der Waals surface area contributed by atoms with Crippen LogP contribution in [-0.4, -0.2) is 37.8 Å². The molecule has 0 fully saturated rings. The second kappa shape index (κ2) is 11.2. The lowest BCUT2D eigenvalue weighted by atomic mass is 10.0. The lowest BCUT2D eigenvalue weighted by Gasteiger charge is -2.22. The molecule has 2 aliphatic heterocycles. The van der Waals surface area contributed by atoms with Gasteiger partial charge < -0.3 is 21.1 Å². The molecule has 2 amide bonds. The van der Waals surface area contributed by atoms with Gasteiger partial charge in [-0.15, -0.1) is 0 Å². The number of nitrogens with one attached hydrogen (secondary N) is 3. The Morgan fingerprint density at radius 2 is 1.85 bits per heavy atom. The van der Waals surface area contributed by atoms with E-state index in [2.05, 4.69) is 20.9 Å². The number of sulfone groups is 1. The molecule has 5 N–H and O–H groups in total. The first-order valence-corrected chi connectivity index (χ1v) is 14.5. The minimum atomic E-state index is -3.60. The molecule has 1 atom stereocenters. The summed E-state index contributed by atoms with van der Waals surface area (Å²) in [5.41, 5.74) is 9.05. The van der Waals surface area contributed by atoms with Gasteiger partial charge in [-0.2, -0.15) is 0 Å². The molecule has 206 valence electrons. The minimum absolute atomic E-state index is 0.0752. The summed E-state index contributed by atoms with van der Waals surface area (Å²) in [6, 6.07) is 18.5. The van der Waals surface area contributed by atoms with Crippen LogP contribution in [0.4, 0.5) is 22.0 Å². The van der Waals surface area contributed by atoms with Crippen molar-refractivity contribution in [3.05, 3.63) is 89.6 Å². The number of hydrogen-bond donors (Lipinski definition) is 4. The number of fused-ring (bicyclic) bond motifs is 10. The maximum Gasteiger partial charge on any atom is 0.411 e. The van der Waals surface area contributed by atoms with Gasteiger partial charge in [0.2, 0.25) is 5.91 Å². The summed E-state index contributed by atoms with van der Waals surface area (Å²) >= 11 is 0. The van der Waals surface area contributed by atoms with Crippen LogP contribution in [0.25, 0.3) is 10.8 Å². The van der Waals surface area contributed by atoms with Crippen molar-refractivity contribution < 1.29 is 22.7 Å². The molecule has 1 aromatic heterocycles. The highest BCUT2D eigenvalue weighted by Gasteiger charge is 2.23. The van der Waals surface area contributed by atoms with E-state index in [1.54, 1.807) is 13.1 Å². The molecular formula is C29H29N5O5S. The molecule has 6 rings (SSSR count). The molecule has 11 heteroatoms. The Morgan fingerprint density at radius 1 is 1.05 bits per heavy atom. The van der Waals surface area contributed by atoms with Crippen LogP contribution in [0.3, 0.4) is 0 Å². The Bertz CT molecular complexity index is 1690. The highest BCUT2D eigenvalue weighted by Crippen LogP contribution is 2.27. The van der Waals surface area contributed by atoms with Crippen molar-refractivity contribution in [2.75, 3.05) is 28.7 Å². The van der Waals surface area contributed by atoms with Crippen LogP contribution in [0.2, 0.25) is 0 Å². The number of ether oxygens (including phenoxy) is 1. The predicted octanol–water partition coefficient (Wildman–Crippen LogP) is 4.18. The van der Waals surface area contributed by atoms with Gasteiger partial charge in [-0.25, -0.2) is 18.2 Å². The average molecular weight is 560 g/mol. The Hall–Kier alpha value is -4.64. The number of pyridine rings is 1. The van der Waals surface area contributed by atoms with Crippen LogP contribution < -0.4 is 21.7 Å². The molecule has 0 radical (unpaired) electrons. The molecule has 0 saturated carbocycles. The summed E-state index contributed by atoms with van der Waals surface area (Å²) in [4.78, 5) is 30.2. The van der Waals surface area contributed by atoms with Gasteiger partial charge in [0.05, 0.1) is 17.3 Å². The van der Waals surface area contributed by atoms with Crippen molar-refractivity contribution in [1.82, 2.24) is 10.3 Å². The molecule has 40 heavy (non-hydrogen) atoms. The van der Waals surface area contributed by atoms with Crippen molar-refractivity contribution >= 4 is 49.8 Å². The van der Waals surface area contributed by atoms with Crippen molar-refractivity contribution in [2.45, 2.75) is 30.8 Å². The second-order valence-electron chi connectivity index (χ2n) is 9.41. The van der Waals surface area contributed by atoms with Crippen molar-refractivity contribution in [1.29, 1.82) is 0 Å². The Labute approximate surface area is 231 Å². The van der Waals surface area contributed by atoms with E-state index in [4.69, 9.17) is 10.5 Å². The number of nitrogens with two attached hydrogens (primary N) is 1. The lowest BCUT2D eigenvalue weighted by molar-refractivity contribution is -0.122. The summed E-state index contributed by atoms with van der Waals surface area (Å²) in [5.74, 6) is -0.0458. The third-order valence-electron chi connectivity index (χ3n) is 6.78. The molecule has 0 aliphatic carbocycles. The minimum Gasteiger partial charge on any atom is -0.449 e. The fourth-order valence-corrected chi connectivity index (χ4v) is 5.71. The van der Waals surface area contributed by atoms with Crippen LogP contribution >= 0.6 is 0 Å². The summed E-state index contributed by atoms with van der Waals surface area (Å²) in [5, 5.41) is 10.5. The number of nitrogen functional groups attached to an aromatic ring is 1. The van der Waals surface area contributed by atoms with E-state index >= 15 is 0 Å². The van der Waals surface area contributed by atoms with E-state index in [9.17, 15) is 18.0 Å². The number of anilines is 3. The van der Waals surface area contributed by atoms with Gasteiger partial charge in [0.15, 0.2) is 9.84 Å². The van der Waals surface area contributed by atoms with E-state index in [1.807, 2.05) is 48.5 Å². The highest BCUT2D eigenvalue weighted by atomic mass is 32.2. The largest absolute Gasteiger partial charge is 0.449 e. The zero-order valence-electron chi connectivity index (χ0n) is 21.8. The SMILES string of the molecule is CCS(=O)(=O)c1ccc2cc1CNC(=O)C(Nc1ccc3c(N)nccc3c1)c1ccc(cc1)CCOC(=O)N2. The normalized spacial score (nSPS) is 16.2. The molecule has 10 nitrogen and oxygen atoms in total. The van der Waals surface area contributed by atoms with Crippen molar-refractivity contribution in [3.8, 4) is 0 Å². The van der Waals surface area contributed by atoms with E-state index in [1.165, 1.54) is 18.2 Å². The molecule has 1 unspecified atom stereocenters. The van der Waals surface area contributed by atoms with Crippen molar-refractivity contribution in [3.63, 3.8) is 0 Å². The van der Waals surface area contributed by atoms with Crippen molar-refractivity contribution in [2.24, 2.45) is 0 Å². The number of rotatable bonds is 4. The van der Waals surface area contributed by atoms with Crippen LogP contribution in [0.1, 0.15) is 29.7 Å². The first-order valence-electron chi connectivity index (χ1n) is 12.8. The molecule has 4 bridgehead atoms. The monoisotopic (exact) mass is 559 g/mol. The summed E-state index contributed by atoms with van der Waals surface area (Å²) < 4.78 is 30.9. The standard InChI is InChI=1S/C29H29N5O5S/c1-2-40(37,38)25-10-8-23-16-21(25)17-32-28(35)26(19-5-3-18(4-6-19)12-14-39-29(36)34-23)33-22-7-9-24-20(15-22)11-13-31-27(24)30/h3-11,13,15-16,26,33H,2,12,14,17H2,1H3,(H2,30,31)(H,32,35)(H,34,36). The fourth-order valence-electron chi connectivity index (χ4n) is 4.59. The van der Waals surface area contributed by atoms with Gasteiger partial charge in [0.1, 0.15) is 11.9 Å². The predicted molar refractivity (Wildman–Crippen MR) is 154 cm³/mol. The molecule has 2 aliphatic rings. The Morgan fingerprint density at radius 3 is 2.62 bits per heavy atom. The van der Waals surface area contributed by atoms with Gasteiger partial charge in [-0.1, -0.05) is 31.2 Å². The number of benzene rings is 3. The van der Waals surface area contributed by atoms with Crippen LogP contribution in [0.15, 0.2) is 77.8 Å². The van der Waals surface area contributed by atoms with E-state index < -0.39 is 22.0 Å². The van der Waals surface area contributed by atoms with E-state index in [-0.39, 0.29) is 29.7 Å². The molecule has 0 spiro atoms. The zero-order valence-corrected chi connectivity index (χ0v) is 22.6. The maximum atomic E-state index is 13.7. The summed E-state index contributed by atoms with van der Waals surface area (Å²) in [6.45, 7) is 1.63. The Balaban J connectivity index is 1.51. The van der Waals surface area contributed by atoms with E-state index in [0.29, 0.717) is 34.7 Å². The number of carbonyl (C=O) groups is 2. The summed E-state index contributed by atoms with van der Waals surface area (Å²) in [6.07, 6.45) is 1.46. The zero-order chi connectivity index (χ0) is 28.3. The lowest BCUT2D eigenvalue weighted by Crippen LogP contribution is -2.33. The molecule has 4 aromatic rings. The highest BCUT2D eigenvalue weighted by molar-refractivity contribution is 7.91. The molecule has 3 aromatic carbocycles. The number of amides is 2. The third kappa shape index (κ3) is 5.84.